The molecule has 2 rings (SSSR count). The molecule has 0 amide bonds. The topological polar surface area (TPSA) is 23.5 Å². The molecule has 1 heterocycles. The van der Waals surface area contributed by atoms with E-state index in [1.807, 2.05) is 13.0 Å². The summed E-state index contributed by atoms with van der Waals surface area (Å²) in [6, 6.07) is 10.9. The van der Waals surface area contributed by atoms with E-state index >= 15 is 0 Å². The van der Waals surface area contributed by atoms with Gasteiger partial charge in [-0.25, -0.2) is 0 Å². The third-order valence-electron chi connectivity index (χ3n) is 3.21. The molecule has 1 saturated heterocycles. The second-order valence-corrected chi connectivity index (χ2v) is 4.29. The fraction of sp³-hybridized carbons (Fsp3) is 0.538. The second-order valence-electron chi connectivity index (χ2n) is 4.29. The Morgan fingerprint density at radius 3 is 2.67 bits per heavy atom. The Bertz CT molecular complexity index is 297. The Morgan fingerprint density at radius 2 is 2.00 bits per heavy atom. The minimum atomic E-state index is -0.337. The molecule has 2 heteroatoms. The van der Waals surface area contributed by atoms with Gasteiger partial charge in [-0.3, -0.25) is 4.90 Å². The zero-order valence-corrected chi connectivity index (χ0v) is 9.26. The average molecular weight is 205 g/mol. The van der Waals surface area contributed by atoms with Crippen molar-refractivity contribution in [1.29, 1.82) is 0 Å². The van der Waals surface area contributed by atoms with Crippen molar-refractivity contribution in [3.8, 4) is 0 Å². The van der Waals surface area contributed by atoms with E-state index in [1.54, 1.807) is 0 Å². The third-order valence-corrected chi connectivity index (χ3v) is 3.21. The molecule has 0 bridgehead atoms. The van der Waals surface area contributed by atoms with Crippen LogP contribution in [0, 0.1) is 0 Å². The van der Waals surface area contributed by atoms with Crippen LogP contribution < -0.4 is 0 Å². The molecule has 82 valence electrons. The van der Waals surface area contributed by atoms with E-state index in [4.69, 9.17) is 0 Å². The third kappa shape index (κ3) is 2.39. The molecule has 1 aliphatic rings. The number of likely N-dealkylation sites (tertiary alicyclic amines) is 1. The number of piperidine rings is 1. The summed E-state index contributed by atoms with van der Waals surface area (Å²) in [5, 5.41) is 9.73. The number of aliphatic hydroxyl groups is 1. The monoisotopic (exact) mass is 205 g/mol. The van der Waals surface area contributed by atoms with Crippen LogP contribution in [0.25, 0.3) is 0 Å². The van der Waals surface area contributed by atoms with Crippen LogP contribution in [-0.4, -0.2) is 22.8 Å². The second kappa shape index (κ2) is 4.77. The number of hydrogen-bond donors (Lipinski definition) is 1. The van der Waals surface area contributed by atoms with Crippen molar-refractivity contribution < 1.29 is 5.11 Å². The molecule has 2 unspecified atom stereocenters. The van der Waals surface area contributed by atoms with Gasteiger partial charge in [-0.15, -0.1) is 0 Å². The fourth-order valence-electron chi connectivity index (χ4n) is 2.43. The van der Waals surface area contributed by atoms with E-state index in [9.17, 15) is 5.11 Å². The lowest BCUT2D eigenvalue weighted by molar-refractivity contribution is -0.0292. The summed E-state index contributed by atoms with van der Waals surface area (Å²) >= 11 is 0. The Kier molecular flexibility index (Phi) is 3.39. The summed E-state index contributed by atoms with van der Waals surface area (Å²) in [4.78, 5) is 2.19. The first-order valence-electron chi connectivity index (χ1n) is 5.78. The Labute approximate surface area is 91.5 Å². The van der Waals surface area contributed by atoms with Crippen molar-refractivity contribution in [3.63, 3.8) is 0 Å². The zero-order valence-electron chi connectivity index (χ0n) is 9.26. The first-order valence-corrected chi connectivity index (χ1v) is 5.78. The number of nitrogens with zero attached hydrogens (tertiary/aromatic N) is 1. The number of rotatable bonds is 2. The highest BCUT2D eigenvalue weighted by Crippen LogP contribution is 2.31. The number of hydrogen-bond acceptors (Lipinski definition) is 2. The van der Waals surface area contributed by atoms with Crippen molar-refractivity contribution in [1.82, 2.24) is 4.90 Å². The highest BCUT2D eigenvalue weighted by atomic mass is 16.3. The predicted molar refractivity (Wildman–Crippen MR) is 61.4 cm³/mol. The van der Waals surface area contributed by atoms with Gasteiger partial charge in [-0.1, -0.05) is 36.8 Å². The van der Waals surface area contributed by atoms with Gasteiger partial charge in [0.15, 0.2) is 0 Å². The van der Waals surface area contributed by atoms with E-state index in [-0.39, 0.29) is 6.23 Å². The first-order chi connectivity index (χ1) is 7.29. The minimum absolute atomic E-state index is 0.337. The van der Waals surface area contributed by atoms with Crippen molar-refractivity contribution in [2.75, 3.05) is 6.54 Å². The van der Waals surface area contributed by atoms with Gasteiger partial charge in [0.1, 0.15) is 6.23 Å². The van der Waals surface area contributed by atoms with Crippen LogP contribution in [0.3, 0.4) is 0 Å². The van der Waals surface area contributed by atoms with Crippen LogP contribution in [0.5, 0.6) is 0 Å². The molecule has 0 spiro atoms. The van der Waals surface area contributed by atoms with Gasteiger partial charge < -0.3 is 5.11 Å². The predicted octanol–water partition coefficient (Wildman–Crippen LogP) is 2.55. The van der Waals surface area contributed by atoms with Crippen molar-refractivity contribution >= 4 is 0 Å². The molecule has 0 aliphatic carbocycles. The van der Waals surface area contributed by atoms with E-state index in [0.29, 0.717) is 6.04 Å². The molecule has 2 atom stereocenters. The summed E-state index contributed by atoms with van der Waals surface area (Å²) < 4.78 is 0. The van der Waals surface area contributed by atoms with E-state index in [0.717, 1.165) is 13.0 Å². The molecule has 0 aromatic heterocycles. The molecule has 15 heavy (non-hydrogen) atoms. The molecule has 1 aromatic carbocycles. The fourth-order valence-corrected chi connectivity index (χ4v) is 2.43. The van der Waals surface area contributed by atoms with Crippen LogP contribution in [0.15, 0.2) is 30.3 Å². The summed E-state index contributed by atoms with van der Waals surface area (Å²) in [5.41, 5.74) is 1.33. The maximum Gasteiger partial charge on any atom is 0.105 e. The molecular weight excluding hydrogens is 186 g/mol. The molecule has 2 nitrogen and oxygen atoms in total. The van der Waals surface area contributed by atoms with Gasteiger partial charge in [0.2, 0.25) is 0 Å². The quantitative estimate of drug-likeness (QED) is 0.802. The minimum Gasteiger partial charge on any atom is -0.379 e. The van der Waals surface area contributed by atoms with Crippen molar-refractivity contribution in [2.45, 2.75) is 38.5 Å². The molecule has 0 radical (unpaired) electrons. The lowest BCUT2D eigenvalue weighted by Crippen LogP contribution is -2.39. The maximum atomic E-state index is 9.73. The van der Waals surface area contributed by atoms with Crippen LogP contribution >= 0.6 is 0 Å². The Hall–Kier alpha value is -0.860. The zero-order chi connectivity index (χ0) is 10.7. The molecular formula is C13H19NO. The SMILES string of the molecule is CC(O)N1CCCCC1c1ccccc1. The van der Waals surface area contributed by atoms with Crippen LogP contribution in [0.4, 0.5) is 0 Å². The standard InChI is InChI=1S/C13H19NO/c1-11(15)14-10-6-5-9-13(14)12-7-3-2-4-8-12/h2-4,7-8,11,13,15H,5-6,9-10H2,1H3. The molecule has 1 aliphatic heterocycles. The first kappa shape index (κ1) is 10.7. The van der Waals surface area contributed by atoms with Crippen molar-refractivity contribution in [2.24, 2.45) is 0 Å². The van der Waals surface area contributed by atoms with E-state index in [1.165, 1.54) is 18.4 Å². The van der Waals surface area contributed by atoms with Gasteiger partial charge in [0.05, 0.1) is 0 Å². The summed E-state index contributed by atoms with van der Waals surface area (Å²) in [6.45, 7) is 2.87. The average Bonchev–Trinajstić information content (AvgIpc) is 2.30. The largest absolute Gasteiger partial charge is 0.379 e. The van der Waals surface area contributed by atoms with Crippen LogP contribution in [0.1, 0.15) is 37.8 Å². The highest BCUT2D eigenvalue weighted by Gasteiger charge is 2.26. The lowest BCUT2D eigenvalue weighted by Gasteiger charge is -2.37. The normalized spacial score (nSPS) is 25.1. The van der Waals surface area contributed by atoms with Crippen molar-refractivity contribution in [3.05, 3.63) is 35.9 Å². The van der Waals surface area contributed by atoms with E-state index < -0.39 is 0 Å². The number of aliphatic hydroxyl groups excluding tert-OH is 1. The summed E-state index contributed by atoms with van der Waals surface area (Å²) in [6.07, 6.45) is 3.29. The summed E-state index contributed by atoms with van der Waals surface area (Å²) in [5.74, 6) is 0. The smallest absolute Gasteiger partial charge is 0.105 e. The Morgan fingerprint density at radius 1 is 1.27 bits per heavy atom. The number of benzene rings is 1. The molecule has 1 fully saturated rings. The van der Waals surface area contributed by atoms with Gasteiger partial charge >= 0.3 is 0 Å². The molecule has 0 saturated carbocycles. The molecule has 1 N–H and O–H groups in total. The van der Waals surface area contributed by atoms with Crippen LogP contribution in [-0.2, 0) is 0 Å². The van der Waals surface area contributed by atoms with Gasteiger partial charge in [-0.05, 0) is 25.3 Å². The highest BCUT2D eigenvalue weighted by molar-refractivity contribution is 5.19. The lowest BCUT2D eigenvalue weighted by atomic mass is 9.95. The summed E-state index contributed by atoms with van der Waals surface area (Å²) in [7, 11) is 0. The Balaban J connectivity index is 2.18. The van der Waals surface area contributed by atoms with Crippen LogP contribution in [0.2, 0.25) is 0 Å². The van der Waals surface area contributed by atoms with Gasteiger partial charge in [0.25, 0.3) is 0 Å². The maximum absolute atomic E-state index is 9.73. The van der Waals surface area contributed by atoms with E-state index in [2.05, 4.69) is 29.2 Å². The van der Waals surface area contributed by atoms with Gasteiger partial charge in [0, 0.05) is 12.6 Å². The van der Waals surface area contributed by atoms with Gasteiger partial charge in [-0.2, -0.15) is 0 Å². The molecule has 1 aromatic rings.